The molecule has 3 N–H and O–H groups in total. The molecule has 1 amide bonds. The fraction of sp³-hybridized carbons (Fsp3) is 0.480. The summed E-state index contributed by atoms with van der Waals surface area (Å²) in [5, 5.41) is 16.9. The third-order valence-corrected chi connectivity index (χ3v) is 7.90. The molecule has 186 valence electrons. The van der Waals surface area contributed by atoms with Crippen molar-refractivity contribution in [3.8, 4) is 10.6 Å². The first kappa shape index (κ1) is 24.4. The number of anilines is 1. The lowest BCUT2D eigenvalue weighted by molar-refractivity contribution is 0.0952. The molecule has 3 aromatic rings. The highest BCUT2D eigenvalue weighted by molar-refractivity contribution is 7.22. The van der Waals surface area contributed by atoms with Gasteiger partial charge < -0.3 is 20.6 Å². The quantitative estimate of drug-likeness (QED) is 0.357. The monoisotopic (exact) mass is 514 g/mol. The van der Waals surface area contributed by atoms with Gasteiger partial charge in [-0.15, -0.1) is 11.3 Å². The highest BCUT2D eigenvalue weighted by Gasteiger charge is 2.25. The zero-order valence-corrected chi connectivity index (χ0v) is 21.2. The van der Waals surface area contributed by atoms with Crippen molar-refractivity contribution in [3.63, 3.8) is 0 Å². The first-order valence-electron chi connectivity index (χ1n) is 12.3. The number of amides is 1. The fourth-order valence-electron chi connectivity index (χ4n) is 4.37. The minimum Gasteiger partial charge on any atom is -0.395 e. The predicted octanol–water partition coefficient (Wildman–Crippen LogP) is 3.32. The second kappa shape index (κ2) is 11.2. The van der Waals surface area contributed by atoms with E-state index in [1.807, 2.05) is 24.3 Å². The summed E-state index contributed by atoms with van der Waals surface area (Å²) in [6.07, 6.45) is 4.75. The number of aliphatic hydroxyl groups excluding tert-OH is 1. The number of hydrogen-bond donors (Lipinski definition) is 3. The van der Waals surface area contributed by atoms with Crippen molar-refractivity contribution < 1.29 is 9.90 Å². The summed E-state index contributed by atoms with van der Waals surface area (Å²) in [5.74, 6) is 0.537. The number of nitrogens with zero attached hydrogens (tertiary/aromatic N) is 4. The molecule has 1 aliphatic carbocycles. The van der Waals surface area contributed by atoms with Gasteiger partial charge in [-0.3, -0.25) is 9.69 Å². The Morgan fingerprint density at radius 2 is 1.94 bits per heavy atom. The van der Waals surface area contributed by atoms with E-state index in [1.54, 1.807) is 17.5 Å². The lowest BCUT2D eigenvalue weighted by Crippen LogP contribution is -2.47. The molecule has 5 rings (SSSR count). The zero-order chi connectivity index (χ0) is 24.2. The van der Waals surface area contributed by atoms with Crippen LogP contribution >= 0.6 is 22.9 Å². The Morgan fingerprint density at radius 1 is 1.17 bits per heavy atom. The standard InChI is InChI=1S/C25H31ClN6O2S/c26-20-16-28-25(27-7-2-8-31-9-11-32(12-10-31)13-14-33)30-23(20)22-15-19-18(3-1-4-21(19)35-22)24(34)29-17-5-6-17/h1,3-4,15-17,33H,2,5-14H2,(H,29,34)(H,27,28,30). The molecule has 0 unspecified atom stereocenters. The van der Waals surface area contributed by atoms with Gasteiger partial charge in [-0.05, 0) is 44.0 Å². The van der Waals surface area contributed by atoms with Crippen LogP contribution in [-0.4, -0.2) is 89.2 Å². The maximum Gasteiger partial charge on any atom is 0.252 e. The number of fused-ring (bicyclic) bond motifs is 1. The van der Waals surface area contributed by atoms with Crippen LogP contribution in [0, 0.1) is 0 Å². The van der Waals surface area contributed by atoms with Crippen LogP contribution in [0.2, 0.25) is 5.02 Å². The molecule has 10 heteroatoms. The van der Waals surface area contributed by atoms with Gasteiger partial charge in [0.2, 0.25) is 5.95 Å². The van der Waals surface area contributed by atoms with E-state index in [2.05, 4.69) is 25.4 Å². The molecule has 0 radical (unpaired) electrons. The summed E-state index contributed by atoms with van der Waals surface area (Å²) in [6.45, 7) is 6.88. The molecule has 8 nitrogen and oxygen atoms in total. The van der Waals surface area contributed by atoms with E-state index in [-0.39, 0.29) is 12.5 Å². The van der Waals surface area contributed by atoms with Gasteiger partial charge in [0, 0.05) is 61.0 Å². The van der Waals surface area contributed by atoms with E-state index in [9.17, 15) is 4.79 Å². The van der Waals surface area contributed by atoms with E-state index in [1.165, 1.54) is 0 Å². The Bertz CT molecular complexity index is 1180. The molecular weight excluding hydrogens is 484 g/mol. The van der Waals surface area contributed by atoms with Crippen LogP contribution in [0.25, 0.3) is 20.7 Å². The van der Waals surface area contributed by atoms with E-state index >= 15 is 0 Å². The number of nitrogens with one attached hydrogen (secondary N) is 2. The average molecular weight is 515 g/mol. The van der Waals surface area contributed by atoms with Crippen molar-refractivity contribution in [1.29, 1.82) is 0 Å². The van der Waals surface area contributed by atoms with Crippen molar-refractivity contribution in [2.75, 3.05) is 57.7 Å². The molecule has 35 heavy (non-hydrogen) atoms. The Balaban J connectivity index is 1.21. The first-order chi connectivity index (χ1) is 17.1. The normalized spacial score (nSPS) is 17.1. The summed E-state index contributed by atoms with van der Waals surface area (Å²) in [5.41, 5.74) is 1.37. The molecule has 3 heterocycles. The van der Waals surface area contributed by atoms with Gasteiger partial charge in [-0.1, -0.05) is 17.7 Å². The molecule has 2 fully saturated rings. The second-order valence-corrected chi connectivity index (χ2v) is 10.6. The molecule has 1 saturated carbocycles. The van der Waals surface area contributed by atoms with E-state index in [0.29, 0.717) is 28.3 Å². The minimum absolute atomic E-state index is 0.0200. The highest BCUT2D eigenvalue weighted by Crippen LogP contribution is 2.37. The maximum absolute atomic E-state index is 12.7. The van der Waals surface area contributed by atoms with E-state index in [0.717, 1.165) is 80.0 Å². The van der Waals surface area contributed by atoms with Crippen LogP contribution in [0.1, 0.15) is 29.6 Å². The molecule has 1 aromatic carbocycles. The summed E-state index contributed by atoms with van der Waals surface area (Å²) in [7, 11) is 0. The lowest BCUT2D eigenvalue weighted by atomic mass is 10.1. The van der Waals surface area contributed by atoms with Gasteiger partial charge in [0.25, 0.3) is 5.91 Å². The topological polar surface area (TPSA) is 93.6 Å². The Kier molecular flexibility index (Phi) is 7.79. The SMILES string of the molecule is O=C(NC1CC1)c1cccc2sc(-c3nc(NCCCN4CCN(CCO)CC4)ncc3Cl)cc12. The number of piperazine rings is 1. The van der Waals surface area contributed by atoms with Crippen LogP contribution in [-0.2, 0) is 0 Å². The Hall–Kier alpha value is -2.30. The second-order valence-electron chi connectivity index (χ2n) is 9.15. The van der Waals surface area contributed by atoms with Crippen LogP contribution in [0.5, 0.6) is 0 Å². The van der Waals surface area contributed by atoms with Gasteiger partial charge in [-0.25, -0.2) is 9.97 Å². The Labute approximate surface area is 214 Å². The third-order valence-electron chi connectivity index (χ3n) is 6.51. The number of hydrogen-bond acceptors (Lipinski definition) is 8. The van der Waals surface area contributed by atoms with Crippen LogP contribution < -0.4 is 10.6 Å². The number of thiophene rings is 1. The number of aromatic nitrogens is 2. The molecule has 2 aromatic heterocycles. The number of β-amino-alcohol motifs (C(OH)–C–C–N with tert-alkyl or cyclic N) is 1. The first-order valence-corrected chi connectivity index (χ1v) is 13.5. The largest absolute Gasteiger partial charge is 0.395 e. The highest BCUT2D eigenvalue weighted by atomic mass is 35.5. The Morgan fingerprint density at radius 3 is 2.69 bits per heavy atom. The number of halogens is 1. The fourth-order valence-corrected chi connectivity index (χ4v) is 5.71. The molecule has 0 bridgehead atoms. The maximum atomic E-state index is 12.7. The molecule has 0 spiro atoms. The number of carbonyl (C=O) groups is 1. The third kappa shape index (κ3) is 6.10. The van der Waals surface area contributed by atoms with Gasteiger partial charge in [0.05, 0.1) is 22.7 Å². The minimum atomic E-state index is -0.0200. The molecule has 1 saturated heterocycles. The number of aliphatic hydroxyl groups is 1. The van der Waals surface area contributed by atoms with Crippen molar-refractivity contribution >= 4 is 44.9 Å². The molecular formula is C25H31ClN6O2S. The number of benzene rings is 1. The van der Waals surface area contributed by atoms with Crippen molar-refractivity contribution in [2.24, 2.45) is 0 Å². The molecule has 2 aliphatic rings. The summed E-state index contributed by atoms with van der Waals surface area (Å²) in [4.78, 5) is 27.4. The van der Waals surface area contributed by atoms with Gasteiger partial charge >= 0.3 is 0 Å². The van der Waals surface area contributed by atoms with Crippen molar-refractivity contribution in [1.82, 2.24) is 25.1 Å². The van der Waals surface area contributed by atoms with Crippen LogP contribution in [0.3, 0.4) is 0 Å². The van der Waals surface area contributed by atoms with Crippen LogP contribution in [0.15, 0.2) is 30.5 Å². The van der Waals surface area contributed by atoms with Crippen molar-refractivity contribution in [3.05, 3.63) is 41.0 Å². The van der Waals surface area contributed by atoms with Gasteiger partial charge in [-0.2, -0.15) is 0 Å². The number of rotatable bonds is 10. The van der Waals surface area contributed by atoms with Crippen LogP contribution in [0.4, 0.5) is 5.95 Å². The summed E-state index contributed by atoms with van der Waals surface area (Å²) < 4.78 is 1.03. The lowest BCUT2D eigenvalue weighted by Gasteiger charge is -2.34. The van der Waals surface area contributed by atoms with E-state index < -0.39 is 0 Å². The van der Waals surface area contributed by atoms with E-state index in [4.69, 9.17) is 21.7 Å². The van der Waals surface area contributed by atoms with Gasteiger partial charge in [0.15, 0.2) is 0 Å². The number of carbonyl (C=O) groups excluding carboxylic acids is 1. The predicted molar refractivity (Wildman–Crippen MR) is 141 cm³/mol. The zero-order valence-electron chi connectivity index (χ0n) is 19.7. The smallest absolute Gasteiger partial charge is 0.252 e. The molecule has 1 aliphatic heterocycles. The van der Waals surface area contributed by atoms with Crippen molar-refractivity contribution in [2.45, 2.75) is 25.3 Å². The molecule has 0 atom stereocenters. The van der Waals surface area contributed by atoms with Gasteiger partial charge in [0.1, 0.15) is 5.69 Å². The summed E-state index contributed by atoms with van der Waals surface area (Å²) >= 11 is 8.06. The average Bonchev–Trinajstić information content (AvgIpc) is 3.57. The summed E-state index contributed by atoms with van der Waals surface area (Å²) in [6, 6.07) is 8.14.